The van der Waals surface area contributed by atoms with Crippen LogP contribution in [0.25, 0.3) is 0 Å². The third-order valence-corrected chi connectivity index (χ3v) is 4.67. The Kier molecular flexibility index (Phi) is 3.99. The first-order chi connectivity index (χ1) is 11.8. The molecule has 4 rings (SSSR count). The Balaban J connectivity index is 1.33. The van der Waals surface area contributed by atoms with E-state index < -0.39 is 0 Å². The van der Waals surface area contributed by atoms with E-state index in [-0.39, 0.29) is 0 Å². The highest BCUT2D eigenvalue weighted by Crippen LogP contribution is 2.38. The molecule has 24 heavy (non-hydrogen) atoms. The summed E-state index contributed by atoms with van der Waals surface area (Å²) < 4.78 is 5.80. The molecule has 1 aliphatic carbocycles. The summed E-state index contributed by atoms with van der Waals surface area (Å²) in [7, 11) is 0. The highest BCUT2D eigenvalue weighted by atomic mass is 16.5. The second kappa shape index (κ2) is 6.44. The fourth-order valence-electron chi connectivity index (χ4n) is 3.13. The van der Waals surface area contributed by atoms with Crippen LogP contribution in [0.3, 0.4) is 0 Å². The summed E-state index contributed by atoms with van der Waals surface area (Å²) in [4.78, 5) is 6.35. The number of rotatable bonds is 5. The lowest BCUT2D eigenvalue weighted by atomic mass is 10.1. The summed E-state index contributed by atoms with van der Waals surface area (Å²) in [5, 5.41) is 17.6. The number of hydrogen-bond donors (Lipinski definition) is 0. The fraction of sp³-hybridized carbons (Fsp3) is 0.444. The molecule has 0 N–H and O–H groups in total. The van der Waals surface area contributed by atoms with Gasteiger partial charge in [0.1, 0.15) is 6.07 Å². The molecule has 1 aliphatic heterocycles. The highest BCUT2D eigenvalue weighted by molar-refractivity contribution is 5.58. The zero-order chi connectivity index (χ0) is 16.4. The maximum Gasteiger partial charge on any atom is 0.233 e. The molecule has 6 nitrogen and oxygen atoms in total. The van der Waals surface area contributed by atoms with Gasteiger partial charge in [-0.25, -0.2) is 0 Å². The molecule has 2 aromatic heterocycles. The van der Waals surface area contributed by atoms with Crippen molar-refractivity contribution in [1.29, 1.82) is 5.26 Å². The van der Waals surface area contributed by atoms with Crippen molar-refractivity contribution in [2.75, 3.05) is 24.6 Å². The van der Waals surface area contributed by atoms with Crippen LogP contribution in [0.2, 0.25) is 0 Å². The van der Waals surface area contributed by atoms with Gasteiger partial charge in [0.25, 0.3) is 0 Å². The third kappa shape index (κ3) is 3.16. The third-order valence-electron chi connectivity index (χ3n) is 4.67. The van der Waals surface area contributed by atoms with Crippen molar-refractivity contribution in [3.05, 3.63) is 41.9 Å². The molecule has 1 unspecified atom stereocenters. The largest absolute Gasteiger partial charge is 0.476 e. The predicted octanol–water partition coefficient (Wildman–Crippen LogP) is 2.53. The van der Waals surface area contributed by atoms with Gasteiger partial charge in [-0.15, -0.1) is 5.10 Å². The quantitative estimate of drug-likeness (QED) is 0.842. The number of hydrogen-bond acceptors (Lipinski definition) is 6. The molecular weight excluding hydrogens is 302 g/mol. The van der Waals surface area contributed by atoms with Crippen molar-refractivity contribution in [2.24, 2.45) is 5.92 Å². The summed E-state index contributed by atoms with van der Waals surface area (Å²) in [6.45, 7) is 2.41. The molecule has 2 fully saturated rings. The number of nitrogens with zero attached hydrogens (tertiary/aromatic N) is 5. The molecule has 0 amide bonds. The predicted molar refractivity (Wildman–Crippen MR) is 88.8 cm³/mol. The topological polar surface area (TPSA) is 74.9 Å². The lowest BCUT2D eigenvalue weighted by molar-refractivity contribution is 0.249. The minimum atomic E-state index is 0.418. The Labute approximate surface area is 141 Å². The van der Waals surface area contributed by atoms with E-state index in [1.165, 1.54) is 12.8 Å². The minimum absolute atomic E-state index is 0.418. The van der Waals surface area contributed by atoms with Gasteiger partial charge in [0, 0.05) is 37.2 Å². The summed E-state index contributed by atoms with van der Waals surface area (Å²) >= 11 is 0. The maximum atomic E-state index is 9.22. The molecule has 2 aliphatic rings. The van der Waals surface area contributed by atoms with E-state index in [4.69, 9.17) is 4.74 Å². The normalized spacial score (nSPS) is 20.0. The molecule has 1 saturated heterocycles. The van der Waals surface area contributed by atoms with Crippen LogP contribution < -0.4 is 9.64 Å². The van der Waals surface area contributed by atoms with E-state index in [2.05, 4.69) is 26.2 Å². The van der Waals surface area contributed by atoms with Gasteiger partial charge in [-0.1, -0.05) is 0 Å². The van der Waals surface area contributed by atoms with Gasteiger partial charge in [0.15, 0.2) is 0 Å². The number of nitriles is 1. The monoisotopic (exact) mass is 321 g/mol. The molecule has 122 valence electrons. The van der Waals surface area contributed by atoms with Crippen molar-refractivity contribution in [1.82, 2.24) is 15.2 Å². The van der Waals surface area contributed by atoms with Crippen LogP contribution in [0, 0.1) is 17.2 Å². The number of ether oxygens (including phenoxy) is 1. The summed E-state index contributed by atoms with van der Waals surface area (Å²) in [6.07, 6.45) is 6.91. The lowest BCUT2D eigenvalue weighted by Crippen LogP contribution is -2.23. The van der Waals surface area contributed by atoms with Gasteiger partial charge in [-0.3, -0.25) is 4.98 Å². The molecule has 0 radical (unpaired) electrons. The van der Waals surface area contributed by atoms with E-state index in [9.17, 15) is 5.26 Å². The first kappa shape index (κ1) is 14.9. The van der Waals surface area contributed by atoms with Crippen LogP contribution in [-0.4, -0.2) is 34.9 Å². The van der Waals surface area contributed by atoms with Gasteiger partial charge in [-0.05, 0) is 31.4 Å². The van der Waals surface area contributed by atoms with Crippen LogP contribution >= 0.6 is 0 Å². The van der Waals surface area contributed by atoms with E-state index in [0.29, 0.717) is 29.9 Å². The van der Waals surface area contributed by atoms with Crippen LogP contribution in [0.4, 0.5) is 5.69 Å². The Hall–Kier alpha value is -2.68. The van der Waals surface area contributed by atoms with Crippen molar-refractivity contribution >= 4 is 5.69 Å². The molecule has 2 aromatic rings. The average Bonchev–Trinajstić information content (AvgIpc) is 3.38. The number of anilines is 1. The van der Waals surface area contributed by atoms with Crippen LogP contribution in [-0.2, 0) is 0 Å². The molecule has 6 heteroatoms. The van der Waals surface area contributed by atoms with Crippen LogP contribution in [0.15, 0.2) is 30.6 Å². The van der Waals surface area contributed by atoms with Crippen molar-refractivity contribution < 1.29 is 4.74 Å². The molecule has 0 bridgehead atoms. The van der Waals surface area contributed by atoms with Crippen molar-refractivity contribution in [2.45, 2.75) is 25.2 Å². The minimum Gasteiger partial charge on any atom is -0.476 e. The Morgan fingerprint density at radius 3 is 2.88 bits per heavy atom. The average molecular weight is 321 g/mol. The number of aromatic nitrogens is 3. The number of pyridine rings is 1. The van der Waals surface area contributed by atoms with Crippen molar-refractivity contribution in [3.8, 4) is 11.9 Å². The highest BCUT2D eigenvalue weighted by Gasteiger charge is 2.26. The zero-order valence-corrected chi connectivity index (χ0v) is 13.4. The molecular formula is C18H19N5O. The molecule has 3 heterocycles. The second-order valence-corrected chi connectivity index (χ2v) is 6.49. The Bertz CT molecular complexity index is 751. The summed E-state index contributed by atoms with van der Waals surface area (Å²) in [5.74, 6) is 1.63. The van der Waals surface area contributed by atoms with Crippen molar-refractivity contribution in [3.63, 3.8) is 0 Å². The van der Waals surface area contributed by atoms with Crippen LogP contribution in [0.1, 0.15) is 36.4 Å². The molecule has 1 atom stereocenters. The van der Waals surface area contributed by atoms with Crippen LogP contribution in [0.5, 0.6) is 5.88 Å². The summed E-state index contributed by atoms with van der Waals surface area (Å²) in [6, 6.07) is 7.94. The van der Waals surface area contributed by atoms with Gasteiger partial charge >= 0.3 is 0 Å². The molecule has 0 spiro atoms. The standard InChI is InChI=1S/C18H19N5O/c19-9-15-5-7-20-10-17(15)23-8-6-13(11-23)12-24-18-4-3-16(21-22-18)14-1-2-14/h3-5,7,10,13-14H,1-2,6,8,11-12H2. The molecule has 0 aromatic carbocycles. The Morgan fingerprint density at radius 2 is 2.12 bits per heavy atom. The first-order valence-electron chi connectivity index (χ1n) is 8.39. The van der Waals surface area contributed by atoms with E-state index in [1.54, 1.807) is 18.5 Å². The van der Waals surface area contributed by atoms with Gasteiger partial charge in [-0.2, -0.15) is 10.4 Å². The first-order valence-corrected chi connectivity index (χ1v) is 8.39. The fourth-order valence-corrected chi connectivity index (χ4v) is 3.13. The SMILES string of the molecule is N#Cc1ccncc1N1CCC(COc2ccc(C3CC3)nn2)C1. The van der Waals surface area contributed by atoms with Gasteiger partial charge < -0.3 is 9.64 Å². The van der Waals surface area contributed by atoms with E-state index in [1.807, 2.05) is 12.1 Å². The van der Waals surface area contributed by atoms with E-state index >= 15 is 0 Å². The second-order valence-electron chi connectivity index (χ2n) is 6.49. The smallest absolute Gasteiger partial charge is 0.233 e. The lowest BCUT2D eigenvalue weighted by Gasteiger charge is -2.19. The van der Waals surface area contributed by atoms with Gasteiger partial charge in [0.05, 0.1) is 29.7 Å². The Morgan fingerprint density at radius 1 is 1.21 bits per heavy atom. The molecule has 1 saturated carbocycles. The summed E-state index contributed by atoms with van der Waals surface area (Å²) in [5.41, 5.74) is 2.67. The maximum absolute atomic E-state index is 9.22. The zero-order valence-electron chi connectivity index (χ0n) is 13.4. The van der Waals surface area contributed by atoms with E-state index in [0.717, 1.165) is 30.9 Å². The van der Waals surface area contributed by atoms with Gasteiger partial charge in [0.2, 0.25) is 5.88 Å².